The third-order valence-electron chi connectivity index (χ3n) is 6.28. The van der Waals surface area contributed by atoms with Gasteiger partial charge in [-0.05, 0) is 36.0 Å². The van der Waals surface area contributed by atoms with Crippen LogP contribution >= 0.6 is 22.9 Å². The number of nitrogens with one attached hydrogen (secondary N) is 2. The van der Waals surface area contributed by atoms with Crippen LogP contribution in [0.4, 0.5) is 19.6 Å². The van der Waals surface area contributed by atoms with Gasteiger partial charge in [-0.15, -0.1) is 0 Å². The van der Waals surface area contributed by atoms with Crippen molar-refractivity contribution in [2.75, 3.05) is 17.7 Å². The number of pyridine rings is 1. The average Bonchev–Trinajstić information content (AvgIpc) is 3.23. The molecule has 2 N–H and O–H groups in total. The SMILES string of the molecule is CNc1nc2ccc(Oc3cc(NC(=O)c4cccc(C5(C)CCC5)c4Cl)c(F)cc3F)nc2s1. The highest BCUT2D eigenvalue weighted by Crippen LogP contribution is 2.46. The Morgan fingerprint density at radius 1 is 1.14 bits per heavy atom. The number of carbonyl (C=O) groups is 1. The first kappa shape index (κ1) is 23.4. The molecule has 2 heterocycles. The molecule has 2 aromatic carbocycles. The van der Waals surface area contributed by atoms with E-state index in [2.05, 4.69) is 27.5 Å². The van der Waals surface area contributed by atoms with Crippen LogP contribution in [-0.2, 0) is 5.41 Å². The first-order chi connectivity index (χ1) is 16.8. The van der Waals surface area contributed by atoms with Gasteiger partial charge in [0.25, 0.3) is 5.91 Å². The summed E-state index contributed by atoms with van der Waals surface area (Å²) in [6, 6.07) is 10.2. The van der Waals surface area contributed by atoms with E-state index >= 15 is 0 Å². The minimum atomic E-state index is -0.939. The molecule has 6 nitrogen and oxygen atoms in total. The standard InChI is InChI=1S/C25H21ClF2N4O2S/c1-25(9-4-10-25)14-6-3-5-13(21(14)26)22(33)30-18-12-19(16(28)11-15(18)27)34-20-8-7-17-23(32-20)35-24(29-2)31-17/h3,5-8,11-12H,4,9-10H2,1-2H3,(H,29,31)(H,30,33). The maximum absolute atomic E-state index is 14.6. The summed E-state index contributed by atoms with van der Waals surface area (Å²) in [5.41, 5.74) is 1.47. The Hall–Kier alpha value is -3.30. The number of anilines is 2. The molecule has 0 aliphatic heterocycles. The molecule has 35 heavy (non-hydrogen) atoms. The summed E-state index contributed by atoms with van der Waals surface area (Å²) in [4.78, 5) is 22.2. The summed E-state index contributed by atoms with van der Waals surface area (Å²) in [6.45, 7) is 2.11. The van der Waals surface area contributed by atoms with Crippen molar-refractivity contribution in [3.8, 4) is 11.6 Å². The van der Waals surface area contributed by atoms with Crippen LogP contribution in [0.25, 0.3) is 10.3 Å². The van der Waals surface area contributed by atoms with E-state index in [1.807, 2.05) is 6.07 Å². The highest BCUT2D eigenvalue weighted by Gasteiger charge is 2.36. The number of benzene rings is 2. The number of amides is 1. The second-order valence-corrected chi connectivity index (χ2v) is 10.00. The van der Waals surface area contributed by atoms with Gasteiger partial charge in [0.1, 0.15) is 16.2 Å². The zero-order valence-electron chi connectivity index (χ0n) is 18.9. The number of thiazole rings is 1. The summed E-state index contributed by atoms with van der Waals surface area (Å²) in [5, 5.41) is 6.45. The smallest absolute Gasteiger partial charge is 0.257 e. The lowest BCUT2D eigenvalue weighted by atomic mass is 9.66. The number of ether oxygens (including phenoxy) is 1. The lowest BCUT2D eigenvalue weighted by Crippen LogP contribution is -2.31. The van der Waals surface area contributed by atoms with Gasteiger partial charge in [-0.3, -0.25) is 4.79 Å². The van der Waals surface area contributed by atoms with Crippen molar-refractivity contribution in [2.45, 2.75) is 31.6 Å². The molecule has 0 radical (unpaired) electrons. The maximum Gasteiger partial charge on any atom is 0.257 e. The van der Waals surface area contributed by atoms with E-state index in [9.17, 15) is 13.6 Å². The van der Waals surface area contributed by atoms with Gasteiger partial charge < -0.3 is 15.4 Å². The van der Waals surface area contributed by atoms with E-state index in [1.54, 1.807) is 25.2 Å². The molecule has 0 spiro atoms. The van der Waals surface area contributed by atoms with Gasteiger partial charge in [0.2, 0.25) is 5.88 Å². The van der Waals surface area contributed by atoms with Crippen LogP contribution in [0.1, 0.15) is 42.1 Å². The Morgan fingerprint density at radius 2 is 1.94 bits per heavy atom. The Bertz CT molecular complexity index is 1460. The molecule has 1 amide bonds. The molecule has 0 bridgehead atoms. The van der Waals surface area contributed by atoms with E-state index < -0.39 is 17.5 Å². The predicted molar refractivity (Wildman–Crippen MR) is 134 cm³/mol. The summed E-state index contributed by atoms with van der Waals surface area (Å²) < 4.78 is 34.6. The lowest BCUT2D eigenvalue weighted by Gasteiger charge is -2.39. The van der Waals surface area contributed by atoms with Crippen LogP contribution in [0.2, 0.25) is 5.02 Å². The molecule has 1 aliphatic rings. The molecule has 2 aromatic heterocycles. The number of rotatable bonds is 6. The fourth-order valence-corrected chi connectivity index (χ4v) is 5.34. The van der Waals surface area contributed by atoms with Gasteiger partial charge in [-0.1, -0.05) is 48.4 Å². The van der Waals surface area contributed by atoms with Gasteiger partial charge in [0.15, 0.2) is 16.7 Å². The van der Waals surface area contributed by atoms with E-state index in [1.165, 1.54) is 17.4 Å². The number of nitrogens with zero attached hydrogens (tertiary/aromatic N) is 2. The number of hydrogen-bond acceptors (Lipinski definition) is 6. The largest absolute Gasteiger partial charge is 0.436 e. The number of aromatic nitrogens is 2. The molecule has 0 unspecified atom stereocenters. The second kappa shape index (κ2) is 9.05. The Morgan fingerprint density at radius 3 is 2.66 bits per heavy atom. The average molecular weight is 515 g/mol. The number of carbonyl (C=O) groups excluding carboxylic acids is 1. The monoisotopic (exact) mass is 514 g/mol. The summed E-state index contributed by atoms with van der Waals surface area (Å²) in [7, 11) is 1.75. The minimum absolute atomic E-state index is 0.0738. The quantitative estimate of drug-likeness (QED) is 0.286. The van der Waals surface area contributed by atoms with Crippen molar-refractivity contribution >= 4 is 50.0 Å². The summed E-state index contributed by atoms with van der Waals surface area (Å²) >= 11 is 7.89. The number of hydrogen-bond donors (Lipinski definition) is 2. The van der Waals surface area contributed by atoms with E-state index in [4.69, 9.17) is 16.3 Å². The summed E-state index contributed by atoms with van der Waals surface area (Å²) in [6.07, 6.45) is 3.08. The highest BCUT2D eigenvalue weighted by molar-refractivity contribution is 7.21. The molecular weight excluding hydrogens is 494 g/mol. The van der Waals surface area contributed by atoms with Crippen molar-refractivity contribution in [1.82, 2.24) is 9.97 Å². The first-order valence-corrected chi connectivity index (χ1v) is 12.2. The fourth-order valence-electron chi connectivity index (χ4n) is 4.12. The van der Waals surface area contributed by atoms with Crippen molar-refractivity contribution in [1.29, 1.82) is 0 Å². The van der Waals surface area contributed by atoms with Crippen molar-refractivity contribution in [2.24, 2.45) is 0 Å². The molecule has 10 heteroatoms. The Balaban J connectivity index is 1.41. The zero-order valence-corrected chi connectivity index (χ0v) is 20.5. The molecule has 0 atom stereocenters. The van der Waals surface area contributed by atoms with Crippen LogP contribution in [-0.4, -0.2) is 22.9 Å². The lowest BCUT2D eigenvalue weighted by molar-refractivity contribution is 0.102. The van der Waals surface area contributed by atoms with Gasteiger partial charge >= 0.3 is 0 Å². The van der Waals surface area contributed by atoms with Gasteiger partial charge in [-0.2, -0.15) is 0 Å². The first-order valence-electron chi connectivity index (χ1n) is 11.0. The van der Waals surface area contributed by atoms with Gasteiger partial charge in [0, 0.05) is 25.2 Å². The van der Waals surface area contributed by atoms with Crippen molar-refractivity contribution in [3.05, 3.63) is 70.2 Å². The molecule has 0 saturated heterocycles. The zero-order chi connectivity index (χ0) is 24.7. The molecule has 1 aliphatic carbocycles. The molecule has 4 aromatic rings. The maximum atomic E-state index is 14.6. The second-order valence-electron chi connectivity index (χ2n) is 8.64. The molecule has 180 valence electrons. The Kier molecular flexibility index (Phi) is 6.06. The summed E-state index contributed by atoms with van der Waals surface area (Å²) in [5.74, 6) is -2.64. The van der Waals surface area contributed by atoms with Crippen LogP contribution in [0, 0.1) is 11.6 Å². The van der Waals surface area contributed by atoms with Crippen molar-refractivity contribution in [3.63, 3.8) is 0 Å². The van der Waals surface area contributed by atoms with Crippen molar-refractivity contribution < 1.29 is 18.3 Å². The molecular formula is C25H21ClF2N4O2S. The van der Waals surface area contributed by atoms with Crippen LogP contribution < -0.4 is 15.4 Å². The van der Waals surface area contributed by atoms with Gasteiger partial charge in [-0.25, -0.2) is 18.7 Å². The molecule has 1 saturated carbocycles. The predicted octanol–water partition coefficient (Wildman–Crippen LogP) is 7.15. The van der Waals surface area contributed by atoms with Gasteiger partial charge in [0.05, 0.1) is 16.3 Å². The van der Waals surface area contributed by atoms with E-state index in [-0.39, 0.29) is 28.3 Å². The van der Waals surface area contributed by atoms with E-state index in [0.717, 1.165) is 30.9 Å². The van der Waals surface area contributed by atoms with E-state index in [0.29, 0.717) is 26.6 Å². The third kappa shape index (κ3) is 4.41. The fraction of sp³-hybridized carbons (Fsp3) is 0.240. The Labute approximate surface area is 209 Å². The number of halogens is 3. The van der Waals surface area contributed by atoms with Crippen LogP contribution in [0.3, 0.4) is 0 Å². The van der Waals surface area contributed by atoms with Crippen LogP contribution in [0.5, 0.6) is 11.6 Å². The minimum Gasteiger partial charge on any atom is -0.436 e. The normalized spacial score (nSPS) is 14.4. The molecule has 5 rings (SSSR count). The highest BCUT2D eigenvalue weighted by atomic mass is 35.5. The molecule has 1 fully saturated rings. The van der Waals surface area contributed by atoms with Crippen LogP contribution in [0.15, 0.2) is 42.5 Å². The number of fused-ring (bicyclic) bond motifs is 1. The third-order valence-corrected chi connectivity index (χ3v) is 7.67. The topological polar surface area (TPSA) is 76.1 Å².